The molecule has 3 aliphatic carbocycles. The van der Waals surface area contributed by atoms with Crippen LogP contribution < -0.4 is 19.7 Å². The van der Waals surface area contributed by atoms with Gasteiger partial charge in [0.05, 0.1) is 29.8 Å². The Morgan fingerprint density at radius 1 is 1.17 bits per heavy atom. The summed E-state index contributed by atoms with van der Waals surface area (Å²) in [6, 6.07) is 11.6. The number of amides is 3. The number of hydrogen-bond donors (Lipinski definition) is 2. The number of carbonyl (C=O) groups is 2. The van der Waals surface area contributed by atoms with Crippen LogP contribution in [0, 0.1) is 24.7 Å². The minimum Gasteiger partial charge on any atom is -0.490 e. The molecule has 2 aromatic rings. The lowest BCUT2D eigenvalue weighted by molar-refractivity contribution is -0.0940. The number of methoxy groups -OCH3 is 1. The zero-order valence-corrected chi connectivity index (χ0v) is 32.3. The van der Waals surface area contributed by atoms with E-state index in [-0.39, 0.29) is 34.8 Å². The van der Waals surface area contributed by atoms with Gasteiger partial charge < -0.3 is 24.4 Å². The number of benzene rings is 2. The molecule has 2 N–H and O–H groups in total. The zero-order valence-electron chi connectivity index (χ0n) is 31.5. The second-order valence-corrected chi connectivity index (χ2v) is 18.4. The Bertz CT molecular complexity index is 1830. The highest BCUT2D eigenvalue weighted by Gasteiger charge is 2.45. The number of nitrogens with one attached hydrogen (secondary N) is 2. The number of nitrogens with zero attached hydrogens (tertiary/aromatic N) is 2. The van der Waals surface area contributed by atoms with Gasteiger partial charge in [-0.05, 0) is 119 Å². The van der Waals surface area contributed by atoms with E-state index in [9.17, 15) is 13.8 Å². The first kappa shape index (κ1) is 36.9. The molecule has 6 atom stereocenters. The van der Waals surface area contributed by atoms with Gasteiger partial charge in [0.25, 0.3) is 5.91 Å². The molecule has 10 nitrogen and oxygen atoms in total. The molecule has 5 aliphatic rings. The summed E-state index contributed by atoms with van der Waals surface area (Å²) in [4.78, 5) is 29.7. The van der Waals surface area contributed by atoms with Crippen molar-refractivity contribution >= 4 is 27.5 Å². The van der Waals surface area contributed by atoms with Crippen LogP contribution in [-0.2, 0) is 31.2 Å². The van der Waals surface area contributed by atoms with Crippen molar-refractivity contribution in [3.63, 3.8) is 0 Å². The van der Waals surface area contributed by atoms with Gasteiger partial charge in [-0.15, -0.1) is 4.36 Å². The van der Waals surface area contributed by atoms with Gasteiger partial charge in [0, 0.05) is 43.8 Å². The number of fused-ring (bicyclic) bond motifs is 4. The average molecular weight is 733 g/mol. The summed E-state index contributed by atoms with van der Waals surface area (Å²) in [7, 11) is -1.71. The van der Waals surface area contributed by atoms with Crippen molar-refractivity contribution < 1.29 is 28.0 Å². The van der Waals surface area contributed by atoms with E-state index in [1.54, 1.807) is 13.2 Å². The van der Waals surface area contributed by atoms with Gasteiger partial charge in [-0.1, -0.05) is 42.8 Å². The SMILES string of the molecule is CCOC1(C)CC(NC(=O)NS2(=O)=NC(=O)c3ccc4c(c3)N(C[C@@H]3CC[C@H]3[C@@H](OC)/C=C/C[C@H](C)C2)C[C@@]2(CCCc3cc(C)ccc32)CO4)C1. The molecule has 3 amide bonds. The summed E-state index contributed by atoms with van der Waals surface area (Å²) in [6.07, 6.45) is 11.5. The maximum atomic E-state index is 14.5. The summed E-state index contributed by atoms with van der Waals surface area (Å²) in [5.41, 5.74) is 4.73. The summed E-state index contributed by atoms with van der Waals surface area (Å²) >= 11 is 0. The highest BCUT2D eigenvalue weighted by molar-refractivity contribution is 7.92. The second-order valence-electron chi connectivity index (χ2n) is 16.4. The minimum absolute atomic E-state index is 0.0309. The highest BCUT2D eigenvalue weighted by atomic mass is 32.2. The third-order valence-electron chi connectivity index (χ3n) is 12.1. The van der Waals surface area contributed by atoms with Gasteiger partial charge in [0.15, 0.2) is 0 Å². The molecular weight excluding hydrogens is 677 g/mol. The third-order valence-corrected chi connectivity index (χ3v) is 14.1. The molecule has 2 bridgehead atoms. The van der Waals surface area contributed by atoms with Crippen molar-refractivity contribution in [2.75, 3.05) is 44.1 Å². The first-order valence-electron chi connectivity index (χ1n) is 19.2. The Labute approximate surface area is 309 Å². The lowest BCUT2D eigenvalue weighted by Crippen LogP contribution is -2.57. The van der Waals surface area contributed by atoms with Crippen LogP contribution in [-0.4, -0.2) is 73.1 Å². The predicted molar refractivity (Wildman–Crippen MR) is 204 cm³/mol. The highest BCUT2D eigenvalue weighted by Crippen LogP contribution is 2.47. The first-order chi connectivity index (χ1) is 24.9. The van der Waals surface area contributed by atoms with E-state index in [0.29, 0.717) is 49.9 Å². The van der Waals surface area contributed by atoms with E-state index < -0.39 is 21.9 Å². The number of hydrogen-bond acceptors (Lipinski definition) is 7. The van der Waals surface area contributed by atoms with Gasteiger partial charge in [-0.25, -0.2) is 9.00 Å². The van der Waals surface area contributed by atoms with Gasteiger partial charge in [0.1, 0.15) is 15.7 Å². The van der Waals surface area contributed by atoms with Crippen molar-refractivity contribution in [1.29, 1.82) is 0 Å². The van der Waals surface area contributed by atoms with Gasteiger partial charge in [-0.3, -0.25) is 9.52 Å². The van der Waals surface area contributed by atoms with E-state index >= 15 is 0 Å². The molecular formula is C41H56N4O6S. The number of carbonyl (C=O) groups excluding carboxylic acids is 2. The molecule has 1 spiro atoms. The van der Waals surface area contributed by atoms with Crippen molar-refractivity contribution in [3.05, 3.63) is 70.8 Å². The molecule has 2 aromatic carbocycles. The normalized spacial score (nSPS) is 35.0. The van der Waals surface area contributed by atoms with Gasteiger partial charge in [-0.2, -0.15) is 0 Å². The number of aryl methyl sites for hydroxylation is 2. The lowest BCUT2D eigenvalue weighted by Gasteiger charge is -2.46. The third kappa shape index (κ3) is 7.64. The van der Waals surface area contributed by atoms with Crippen molar-refractivity contribution in [2.24, 2.45) is 22.1 Å². The van der Waals surface area contributed by atoms with E-state index in [4.69, 9.17) is 14.2 Å². The van der Waals surface area contributed by atoms with E-state index in [1.165, 1.54) is 16.7 Å². The summed E-state index contributed by atoms with van der Waals surface area (Å²) in [5.74, 6) is 0.801. The van der Waals surface area contributed by atoms with Crippen LogP contribution in [0.5, 0.6) is 5.75 Å². The number of anilines is 1. The van der Waals surface area contributed by atoms with Crippen molar-refractivity contribution in [3.8, 4) is 5.75 Å². The van der Waals surface area contributed by atoms with Crippen LogP contribution in [0.3, 0.4) is 0 Å². The van der Waals surface area contributed by atoms with Crippen LogP contribution in [0.15, 0.2) is 52.9 Å². The molecule has 0 radical (unpaired) electrons. The maximum Gasteiger partial charge on any atom is 0.327 e. The second kappa shape index (κ2) is 14.8. The smallest absolute Gasteiger partial charge is 0.327 e. The quantitative estimate of drug-likeness (QED) is 0.322. The molecule has 0 saturated heterocycles. The Morgan fingerprint density at radius 3 is 2.75 bits per heavy atom. The molecule has 2 aliphatic heterocycles. The summed E-state index contributed by atoms with van der Waals surface area (Å²) < 4.78 is 40.0. The molecule has 282 valence electrons. The average Bonchev–Trinajstić information content (AvgIpc) is 3.21. The molecule has 7 rings (SSSR count). The van der Waals surface area contributed by atoms with Crippen LogP contribution in [0.25, 0.3) is 0 Å². The number of rotatable bonds is 5. The Kier molecular flexibility index (Phi) is 10.5. The Hall–Kier alpha value is -3.41. The van der Waals surface area contributed by atoms with Crippen LogP contribution in [0.4, 0.5) is 10.5 Å². The van der Waals surface area contributed by atoms with Crippen LogP contribution in [0.2, 0.25) is 0 Å². The van der Waals surface area contributed by atoms with Gasteiger partial charge in [0.2, 0.25) is 0 Å². The minimum atomic E-state index is -3.49. The Balaban J connectivity index is 1.23. The fraction of sp³-hybridized carbons (Fsp3) is 0.610. The molecule has 2 heterocycles. The lowest BCUT2D eigenvalue weighted by atomic mass is 9.68. The number of urea groups is 1. The largest absolute Gasteiger partial charge is 0.490 e. The maximum absolute atomic E-state index is 14.5. The molecule has 2 saturated carbocycles. The number of allylic oxidation sites excluding steroid dienone is 1. The topological polar surface area (TPSA) is 119 Å². The predicted octanol–water partition coefficient (Wildman–Crippen LogP) is 6.89. The summed E-state index contributed by atoms with van der Waals surface area (Å²) in [6.45, 7) is 10.8. The fourth-order valence-electron chi connectivity index (χ4n) is 9.44. The summed E-state index contributed by atoms with van der Waals surface area (Å²) in [5, 5.41) is 2.93. The Morgan fingerprint density at radius 2 is 2.00 bits per heavy atom. The fourth-order valence-corrected chi connectivity index (χ4v) is 11.3. The molecule has 11 heteroatoms. The standard InChI is InChI=1S/C41H56N4O6S/c1-6-51-40(4)21-32(22-40)42-39(47)44-52(48)24-28(3)9-7-11-36(49-5)33-15-13-31(33)23-45-25-41(18-8-10-29-19-27(2)12-16-34(29)41)26-50-37-17-14-30(20-35(37)45)38(46)43-52/h7,11-12,14,16-17,19-20,28,31-33,36H,6,8-10,13,15,18,21-26H2,1-5H3,(H2,42,43,44,46,47,48)/b11-7+/t28-,31-,32?,33+,36-,40?,41-,52?/m0/s1. The van der Waals surface area contributed by atoms with E-state index in [0.717, 1.165) is 56.6 Å². The van der Waals surface area contributed by atoms with Gasteiger partial charge >= 0.3 is 6.03 Å². The van der Waals surface area contributed by atoms with Crippen molar-refractivity contribution in [1.82, 2.24) is 10.0 Å². The molecule has 52 heavy (non-hydrogen) atoms. The first-order valence-corrected chi connectivity index (χ1v) is 20.9. The van der Waals surface area contributed by atoms with Crippen LogP contribution >= 0.6 is 0 Å². The monoisotopic (exact) mass is 732 g/mol. The molecule has 1 unspecified atom stereocenters. The zero-order chi connectivity index (χ0) is 36.7. The molecule has 2 fully saturated rings. The van der Waals surface area contributed by atoms with Crippen molar-refractivity contribution in [2.45, 2.75) is 102 Å². The molecule has 0 aromatic heterocycles. The van der Waals surface area contributed by atoms with Crippen LogP contribution in [0.1, 0.15) is 92.8 Å². The van der Waals surface area contributed by atoms with E-state index in [1.807, 2.05) is 32.9 Å². The van der Waals surface area contributed by atoms with E-state index in [2.05, 4.69) is 56.6 Å². The number of ether oxygens (including phenoxy) is 3.